The second kappa shape index (κ2) is 6.84. The molecule has 0 spiro atoms. The third-order valence-corrected chi connectivity index (χ3v) is 3.90. The Hall–Kier alpha value is -1.42. The van der Waals surface area contributed by atoms with Gasteiger partial charge in [0.2, 0.25) is 0 Å². The van der Waals surface area contributed by atoms with E-state index < -0.39 is 0 Å². The first-order valence-electron chi connectivity index (χ1n) is 7.34. The van der Waals surface area contributed by atoms with Crippen LogP contribution in [0.3, 0.4) is 0 Å². The van der Waals surface area contributed by atoms with Crippen molar-refractivity contribution in [3.8, 4) is 0 Å². The van der Waals surface area contributed by atoms with E-state index in [1.807, 2.05) is 18.9 Å². The van der Waals surface area contributed by atoms with Gasteiger partial charge in [-0.1, -0.05) is 0 Å². The minimum Gasteiger partial charge on any atom is -0.336 e. The molecule has 0 aromatic heterocycles. The molecule has 0 bridgehead atoms. The molecule has 1 saturated heterocycles. The summed E-state index contributed by atoms with van der Waals surface area (Å²) < 4.78 is 13.5. The van der Waals surface area contributed by atoms with Gasteiger partial charge in [-0.15, -0.1) is 0 Å². The lowest BCUT2D eigenvalue weighted by Crippen LogP contribution is -2.44. The topological polar surface area (TPSA) is 32.3 Å². The largest absolute Gasteiger partial charge is 0.336 e. The molecule has 0 radical (unpaired) electrons. The molecule has 1 amide bonds. The summed E-state index contributed by atoms with van der Waals surface area (Å²) in [5.74, 6) is -0.370. The van der Waals surface area contributed by atoms with E-state index in [4.69, 9.17) is 0 Å². The van der Waals surface area contributed by atoms with Crippen LogP contribution in [-0.2, 0) is 0 Å². The van der Waals surface area contributed by atoms with Crippen molar-refractivity contribution in [3.63, 3.8) is 0 Å². The van der Waals surface area contributed by atoms with Crippen LogP contribution in [0.15, 0.2) is 18.2 Å². The number of carbonyl (C=O) groups is 1. The minimum absolute atomic E-state index is 0.0339. The number of amides is 1. The van der Waals surface area contributed by atoms with Gasteiger partial charge in [0.25, 0.3) is 5.91 Å². The molecule has 1 heterocycles. The summed E-state index contributed by atoms with van der Waals surface area (Å²) in [6.07, 6.45) is 4.20. The van der Waals surface area contributed by atoms with Gasteiger partial charge in [-0.05, 0) is 70.0 Å². The first kappa shape index (κ1) is 15.0. The van der Waals surface area contributed by atoms with Crippen molar-refractivity contribution in [2.75, 3.05) is 20.1 Å². The number of halogens is 1. The van der Waals surface area contributed by atoms with Crippen LogP contribution in [0.4, 0.5) is 4.39 Å². The van der Waals surface area contributed by atoms with Crippen molar-refractivity contribution in [1.82, 2.24) is 10.2 Å². The third kappa shape index (κ3) is 3.57. The number of aryl methyl sites for hydroxylation is 1. The summed E-state index contributed by atoms with van der Waals surface area (Å²) in [6, 6.07) is 4.84. The Bertz CT molecular complexity index is 455. The average Bonchev–Trinajstić information content (AvgIpc) is 2.43. The molecule has 0 saturated carbocycles. The number of hydrogen-bond acceptors (Lipinski definition) is 2. The second-order valence-electron chi connectivity index (χ2n) is 5.56. The highest BCUT2D eigenvalue weighted by Gasteiger charge is 2.27. The first-order valence-corrected chi connectivity index (χ1v) is 7.34. The fraction of sp³-hybridized carbons (Fsp3) is 0.562. The lowest BCUT2D eigenvalue weighted by molar-refractivity contribution is 0.0602. The number of piperidine rings is 1. The quantitative estimate of drug-likeness (QED) is 0.918. The molecule has 3 nitrogen and oxygen atoms in total. The van der Waals surface area contributed by atoms with Crippen molar-refractivity contribution < 1.29 is 9.18 Å². The van der Waals surface area contributed by atoms with Crippen molar-refractivity contribution in [2.24, 2.45) is 0 Å². The Morgan fingerprint density at radius 3 is 2.90 bits per heavy atom. The van der Waals surface area contributed by atoms with E-state index in [0.29, 0.717) is 5.56 Å². The predicted octanol–water partition coefficient (Wildman–Crippen LogP) is 2.74. The summed E-state index contributed by atoms with van der Waals surface area (Å²) in [4.78, 5) is 14.5. The maximum atomic E-state index is 13.5. The highest BCUT2D eigenvalue weighted by molar-refractivity contribution is 5.94. The van der Waals surface area contributed by atoms with E-state index in [9.17, 15) is 9.18 Å². The van der Waals surface area contributed by atoms with Crippen LogP contribution in [0.2, 0.25) is 0 Å². The normalized spacial score (nSPS) is 19.1. The monoisotopic (exact) mass is 278 g/mol. The van der Waals surface area contributed by atoms with Crippen LogP contribution in [0.5, 0.6) is 0 Å². The van der Waals surface area contributed by atoms with E-state index in [2.05, 4.69) is 5.32 Å². The molecule has 1 fully saturated rings. The summed E-state index contributed by atoms with van der Waals surface area (Å²) in [5, 5.41) is 3.13. The van der Waals surface area contributed by atoms with Crippen molar-refractivity contribution in [1.29, 1.82) is 0 Å². The highest BCUT2D eigenvalue weighted by Crippen LogP contribution is 2.22. The molecule has 1 aliphatic rings. The molecule has 1 N–H and O–H groups in total. The van der Waals surface area contributed by atoms with Gasteiger partial charge in [0.1, 0.15) is 5.82 Å². The molecular weight excluding hydrogens is 255 g/mol. The number of likely N-dealkylation sites (tertiary alicyclic amines) is 1. The third-order valence-electron chi connectivity index (χ3n) is 3.90. The van der Waals surface area contributed by atoms with Crippen LogP contribution in [0.1, 0.15) is 41.6 Å². The zero-order chi connectivity index (χ0) is 14.5. The van der Waals surface area contributed by atoms with Gasteiger partial charge in [-0.3, -0.25) is 4.79 Å². The summed E-state index contributed by atoms with van der Waals surface area (Å²) in [6.45, 7) is 3.49. The molecule has 1 unspecified atom stereocenters. The average molecular weight is 278 g/mol. The summed E-state index contributed by atoms with van der Waals surface area (Å²) in [5.41, 5.74) is 1.26. The Balaban J connectivity index is 2.16. The Kier molecular flexibility index (Phi) is 5.12. The number of benzene rings is 1. The first-order chi connectivity index (χ1) is 9.61. The minimum atomic E-state index is -0.336. The van der Waals surface area contributed by atoms with E-state index in [1.54, 1.807) is 6.07 Å². The molecule has 0 aliphatic carbocycles. The van der Waals surface area contributed by atoms with Gasteiger partial charge >= 0.3 is 0 Å². The van der Waals surface area contributed by atoms with Gasteiger partial charge in [0.05, 0.1) is 0 Å². The van der Waals surface area contributed by atoms with Crippen molar-refractivity contribution >= 4 is 5.91 Å². The number of nitrogens with zero attached hydrogens (tertiary/aromatic N) is 1. The van der Waals surface area contributed by atoms with Gasteiger partial charge in [-0.25, -0.2) is 4.39 Å². The second-order valence-corrected chi connectivity index (χ2v) is 5.56. The molecule has 110 valence electrons. The van der Waals surface area contributed by atoms with E-state index in [-0.39, 0.29) is 17.8 Å². The number of nitrogens with one attached hydrogen (secondary N) is 1. The maximum Gasteiger partial charge on any atom is 0.254 e. The fourth-order valence-corrected chi connectivity index (χ4v) is 2.90. The van der Waals surface area contributed by atoms with Gasteiger partial charge < -0.3 is 10.2 Å². The Morgan fingerprint density at radius 2 is 2.20 bits per heavy atom. The van der Waals surface area contributed by atoms with Crippen LogP contribution in [0, 0.1) is 12.7 Å². The number of hydrogen-bond donors (Lipinski definition) is 1. The van der Waals surface area contributed by atoms with Gasteiger partial charge in [0, 0.05) is 18.2 Å². The Labute approximate surface area is 120 Å². The van der Waals surface area contributed by atoms with Crippen molar-refractivity contribution in [3.05, 3.63) is 35.1 Å². The van der Waals surface area contributed by atoms with E-state index in [1.165, 1.54) is 18.6 Å². The lowest BCUT2D eigenvalue weighted by atomic mass is 9.98. The number of carbonyl (C=O) groups excluding carboxylic acids is 1. The highest BCUT2D eigenvalue weighted by atomic mass is 19.1. The lowest BCUT2D eigenvalue weighted by Gasteiger charge is -2.36. The van der Waals surface area contributed by atoms with Crippen LogP contribution in [-0.4, -0.2) is 37.0 Å². The molecule has 1 aromatic carbocycles. The predicted molar refractivity (Wildman–Crippen MR) is 78.4 cm³/mol. The zero-order valence-electron chi connectivity index (χ0n) is 12.3. The molecule has 4 heteroatoms. The molecule has 1 atom stereocenters. The Morgan fingerprint density at radius 1 is 1.40 bits per heavy atom. The molecule has 1 aliphatic heterocycles. The molecule has 20 heavy (non-hydrogen) atoms. The summed E-state index contributed by atoms with van der Waals surface area (Å²) in [7, 11) is 1.92. The molecular formula is C16H23FN2O. The SMILES string of the molecule is CNCCC1CCCCN1C(=O)c1cc(C)cc(F)c1. The summed E-state index contributed by atoms with van der Waals surface area (Å²) >= 11 is 0. The van der Waals surface area contributed by atoms with E-state index in [0.717, 1.165) is 37.9 Å². The fourth-order valence-electron chi connectivity index (χ4n) is 2.90. The van der Waals surface area contributed by atoms with Crippen LogP contribution < -0.4 is 5.32 Å². The number of rotatable bonds is 4. The van der Waals surface area contributed by atoms with E-state index >= 15 is 0 Å². The standard InChI is InChI=1S/C16H23FN2O/c1-12-9-13(11-14(17)10-12)16(20)19-8-4-3-5-15(19)6-7-18-2/h9-11,15,18H,3-8H2,1-2H3. The van der Waals surface area contributed by atoms with Crippen molar-refractivity contribution in [2.45, 2.75) is 38.6 Å². The molecule has 1 aromatic rings. The zero-order valence-corrected chi connectivity index (χ0v) is 12.3. The van der Waals surface area contributed by atoms with Crippen LogP contribution in [0.25, 0.3) is 0 Å². The van der Waals surface area contributed by atoms with Crippen LogP contribution >= 0.6 is 0 Å². The van der Waals surface area contributed by atoms with Gasteiger partial charge in [0.15, 0.2) is 0 Å². The maximum absolute atomic E-state index is 13.5. The van der Waals surface area contributed by atoms with Gasteiger partial charge in [-0.2, -0.15) is 0 Å². The smallest absolute Gasteiger partial charge is 0.254 e. The molecule has 2 rings (SSSR count).